The first-order chi connectivity index (χ1) is 3.80. The molecule has 0 aliphatic rings. The van der Waals surface area contributed by atoms with Crippen molar-refractivity contribution in [1.82, 2.24) is 4.98 Å². The maximum absolute atomic E-state index is 12.0. The van der Waals surface area contributed by atoms with Crippen molar-refractivity contribution < 1.29 is 9.50 Å². The number of aromatic nitrogens is 1. The van der Waals surface area contributed by atoms with Gasteiger partial charge in [0.2, 0.25) is 0 Å². The highest BCUT2D eigenvalue weighted by Gasteiger charge is 1.94. The third-order valence-electron chi connectivity index (χ3n) is 0.695. The van der Waals surface area contributed by atoms with Crippen LogP contribution in [0.25, 0.3) is 0 Å². The van der Waals surface area contributed by atoms with Crippen molar-refractivity contribution in [3.8, 4) is 5.75 Å². The van der Waals surface area contributed by atoms with Crippen LogP contribution in [-0.4, -0.2) is 10.1 Å². The van der Waals surface area contributed by atoms with E-state index in [1.807, 2.05) is 6.20 Å². The predicted molar refractivity (Wildman–Crippen MR) is 24.7 cm³/mol. The second-order valence-corrected chi connectivity index (χ2v) is 1.26. The minimum atomic E-state index is -0.812. The van der Waals surface area contributed by atoms with Gasteiger partial charge in [-0.25, -0.2) is 4.39 Å². The lowest BCUT2D eigenvalue weighted by atomic mass is 10.4. The van der Waals surface area contributed by atoms with Gasteiger partial charge in [0, 0.05) is 12.3 Å². The van der Waals surface area contributed by atoms with Crippen molar-refractivity contribution >= 4 is 0 Å². The summed E-state index contributed by atoms with van der Waals surface area (Å²) in [6.45, 7) is 0. The highest BCUT2D eigenvalue weighted by Crippen LogP contribution is 2.09. The molecule has 0 aromatic carbocycles. The predicted octanol–water partition coefficient (Wildman–Crippen LogP) is 0.726. The van der Waals surface area contributed by atoms with Gasteiger partial charge in [0.1, 0.15) is 6.20 Å². The molecule has 1 rings (SSSR count). The van der Waals surface area contributed by atoms with Crippen molar-refractivity contribution in [2.24, 2.45) is 0 Å². The first-order valence-corrected chi connectivity index (χ1v) is 2.02. The van der Waals surface area contributed by atoms with Gasteiger partial charge < -0.3 is 5.11 Å². The molecule has 0 unspecified atom stereocenters. The van der Waals surface area contributed by atoms with Crippen molar-refractivity contribution in [2.75, 3.05) is 0 Å². The Morgan fingerprint density at radius 3 is 2.88 bits per heavy atom. The van der Waals surface area contributed by atoms with Crippen LogP contribution >= 0.6 is 0 Å². The van der Waals surface area contributed by atoms with Gasteiger partial charge in [0.05, 0.1) is 0 Å². The van der Waals surface area contributed by atoms with Crippen LogP contribution in [0.4, 0.5) is 4.39 Å². The van der Waals surface area contributed by atoms with Crippen molar-refractivity contribution in [1.29, 1.82) is 0 Å². The van der Waals surface area contributed by atoms with Crippen LogP contribution in [0, 0.1) is 12.0 Å². The summed E-state index contributed by atoms with van der Waals surface area (Å²) in [5.74, 6) is -1.23. The molecule has 0 saturated carbocycles. The molecule has 1 radical (unpaired) electrons. The molecule has 0 atom stereocenters. The monoisotopic (exact) mass is 112 g/mol. The Morgan fingerprint density at radius 1 is 1.75 bits per heavy atom. The van der Waals surface area contributed by atoms with Crippen LogP contribution < -0.4 is 0 Å². The Bertz CT molecular complexity index is 169. The fraction of sp³-hybridized carbons (Fsp3) is 0. The summed E-state index contributed by atoms with van der Waals surface area (Å²) in [5, 5.41) is 8.47. The molecule has 0 aliphatic carbocycles. The van der Waals surface area contributed by atoms with E-state index in [1.165, 1.54) is 6.20 Å². The van der Waals surface area contributed by atoms with Crippen LogP contribution in [0.2, 0.25) is 0 Å². The van der Waals surface area contributed by atoms with Crippen molar-refractivity contribution in [3.63, 3.8) is 0 Å². The molecule has 0 spiro atoms. The number of nitrogens with zero attached hydrogens (tertiary/aromatic N) is 1. The number of rotatable bonds is 0. The van der Waals surface area contributed by atoms with Crippen LogP contribution in [0.1, 0.15) is 0 Å². The van der Waals surface area contributed by atoms with Gasteiger partial charge in [0.15, 0.2) is 11.6 Å². The SMILES string of the molecule is Oc1ccn[c]c1F. The Labute approximate surface area is 45.6 Å². The second-order valence-electron chi connectivity index (χ2n) is 1.26. The average Bonchev–Trinajstić information content (AvgIpc) is 1.77. The van der Waals surface area contributed by atoms with E-state index in [9.17, 15) is 4.39 Å². The van der Waals surface area contributed by atoms with Gasteiger partial charge in [-0.1, -0.05) is 0 Å². The molecule has 3 heteroatoms. The molecule has 2 nitrogen and oxygen atoms in total. The van der Waals surface area contributed by atoms with Gasteiger partial charge in [-0.2, -0.15) is 0 Å². The van der Waals surface area contributed by atoms with Crippen molar-refractivity contribution in [2.45, 2.75) is 0 Å². The number of aromatic hydroxyl groups is 1. The van der Waals surface area contributed by atoms with E-state index in [1.54, 1.807) is 0 Å². The molecule has 8 heavy (non-hydrogen) atoms. The molecule has 0 fully saturated rings. The van der Waals surface area contributed by atoms with E-state index >= 15 is 0 Å². The molecule has 0 bridgehead atoms. The Kier molecular flexibility index (Phi) is 1.12. The minimum absolute atomic E-state index is 0.417. The van der Waals surface area contributed by atoms with E-state index in [-0.39, 0.29) is 0 Å². The molecule has 1 aromatic rings. The van der Waals surface area contributed by atoms with Crippen LogP contribution in [-0.2, 0) is 0 Å². The summed E-state index contributed by atoms with van der Waals surface area (Å²) in [6, 6.07) is 1.16. The largest absolute Gasteiger partial charge is 0.505 e. The molecule has 1 N–H and O–H groups in total. The number of pyridine rings is 1. The average molecular weight is 112 g/mol. The summed E-state index contributed by atoms with van der Waals surface area (Å²) < 4.78 is 12.0. The smallest absolute Gasteiger partial charge is 0.192 e. The van der Waals surface area contributed by atoms with Gasteiger partial charge in [-0.15, -0.1) is 0 Å². The van der Waals surface area contributed by atoms with E-state index < -0.39 is 11.6 Å². The van der Waals surface area contributed by atoms with Crippen LogP contribution in [0.3, 0.4) is 0 Å². The zero-order chi connectivity index (χ0) is 5.98. The summed E-state index contributed by atoms with van der Waals surface area (Å²) in [5.41, 5.74) is 0. The zero-order valence-corrected chi connectivity index (χ0v) is 3.93. The maximum atomic E-state index is 12.0. The van der Waals surface area contributed by atoms with Crippen molar-refractivity contribution in [3.05, 3.63) is 24.3 Å². The lowest BCUT2D eigenvalue weighted by Gasteiger charge is -1.86. The number of halogens is 1. The topological polar surface area (TPSA) is 33.1 Å². The summed E-state index contributed by atoms with van der Waals surface area (Å²) in [4.78, 5) is 3.29. The lowest BCUT2D eigenvalue weighted by molar-refractivity contribution is 0.429. The van der Waals surface area contributed by atoms with Crippen LogP contribution in [0.15, 0.2) is 12.3 Å². The molecular formula is C5H3FNO. The molecular weight excluding hydrogens is 109 g/mol. The quantitative estimate of drug-likeness (QED) is 0.536. The third kappa shape index (κ3) is 0.753. The number of hydrogen-bond donors (Lipinski definition) is 1. The zero-order valence-electron chi connectivity index (χ0n) is 3.93. The Hall–Kier alpha value is -1.12. The first-order valence-electron chi connectivity index (χ1n) is 2.02. The Balaban J connectivity index is 3.13. The molecule has 0 aliphatic heterocycles. The number of hydrogen-bond acceptors (Lipinski definition) is 2. The third-order valence-corrected chi connectivity index (χ3v) is 0.695. The summed E-state index contributed by atoms with van der Waals surface area (Å²) >= 11 is 0. The molecule has 1 heterocycles. The summed E-state index contributed by atoms with van der Waals surface area (Å²) in [6.07, 6.45) is 3.20. The highest BCUT2D eigenvalue weighted by atomic mass is 19.1. The summed E-state index contributed by atoms with van der Waals surface area (Å²) in [7, 11) is 0. The fourth-order valence-electron chi connectivity index (χ4n) is 0.332. The molecule has 0 saturated heterocycles. The fourth-order valence-corrected chi connectivity index (χ4v) is 0.332. The lowest BCUT2D eigenvalue weighted by Crippen LogP contribution is -1.76. The standard InChI is InChI=1S/C5H3FNO/c6-4-3-7-2-1-5(4)8/h1-2H,(H,7,8). The van der Waals surface area contributed by atoms with E-state index in [0.717, 1.165) is 6.07 Å². The second kappa shape index (κ2) is 1.78. The minimum Gasteiger partial charge on any atom is -0.505 e. The van der Waals surface area contributed by atoms with Gasteiger partial charge in [-0.05, 0) is 0 Å². The Morgan fingerprint density at radius 2 is 2.50 bits per heavy atom. The van der Waals surface area contributed by atoms with E-state index in [0.29, 0.717) is 0 Å². The first kappa shape index (κ1) is 5.03. The van der Waals surface area contributed by atoms with E-state index in [4.69, 9.17) is 5.11 Å². The van der Waals surface area contributed by atoms with Gasteiger partial charge in [-0.3, -0.25) is 4.98 Å². The maximum Gasteiger partial charge on any atom is 0.192 e. The normalized spacial score (nSPS) is 9.12. The highest BCUT2D eigenvalue weighted by molar-refractivity contribution is 5.16. The molecule has 1 aromatic heterocycles. The molecule has 0 amide bonds. The van der Waals surface area contributed by atoms with Gasteiger partial charge in [0.25, 0.3) is 0 Å². The molecule has 41 valence electrons. The van der Waals surface area contributed by atoms with E-state index in [2.05, 4.69) is 4.98 Å². The van der Waals surface area contributed by atoms with Gasteiger partial charge >= 0.3 is 0 Å². The van der Waals surface area contributed by atoms with Crippen LogP contribution in [0.5, 0.6) is 5.75 Å².